The van der Waals surface area contributed by atoms with E-state index in [4.69, 9.17) is 0 Å². The maximum atomic E-state index is 13.7. The summed E-state index contributed by atoms with van der Waals surface area (Å²) in [5, 5.41) is 3.12. The number of hydrogen-bond donors (Lipinski definition) is 1. The monoisotopic (exact) mass is 265 g/mol. The van der Waals surface area contributed by atoms with Crippen LogP contribution in [0.15, 0.2) is 12.1 Å². The van der Waals surface area contributed by atoms with Crippen LogP contribution in [0.4, 0.5) is 14.5 Å². The fourth-order valence-electron chi connectivity index (χ4n) is 3.64. The van der Waals surface area contributed by atoms with Crippen LogP contribution in [0.3, 0.4) is 0 Å². The van der Waals surface area contributed by atoms with E-state index in [1.54, 1.807) is 0 Å². The van der Waals surface area contributed by atoms with Gasteiger partial charge in [-0.05, 0) is 48.6 Å². The van der Waals surface area contributed by atoms with Crippen LogP contribution in [-0.2, 0) is 0 Å². The molecule has 1 aromatic rings. The highest BCUT2D eigenvalue weighted by atomic mass is 19.1. The first-order valence-electron chi connectivity index (χ1n) is 7.19. The minimum absolute atomic E-state index is 0.274. The Morgan fingerprint density at radius 2 is 1.84 bits per heavy atom. The summed E-state index contributed by atoms with van der Waals surface area (Å²) in [5.74, 6) is -0.0750. The molecule has 2 aliphatic rings. The fraction of sp³-hybridized carbons (Fsp3) is 0.625. The molecule has 0 saturated heterocycles. The van der Waals surface area contributed by atoms with Gasteiger partial charge in [-0.15, -0.1) is 0 Å². The van der Waals surface area contributed by atoms with E-state index < -0.39 is 11.6 Å². The van der Waals surface area contributed by atoms with E-state index in [0.717, 1.165) is 31.0 Å². The zero-order valence-corrected chi connectivity index (χ0v) is 11.6. The highest BCUT2D eigenvalue weighted by molar-refractivity contribution is 5.59. The lowest BCUT2D eigenvalue weighted by Crippen LogP contribution is -2.26. The molecule has 0 amide bonds. The molecule has 1 heterocycles. The van der Waals surface area contributed by atoms with Crippen molar-refractivity contribution < 1.29 is 8.78 Å². The van der Waals surface area contributed by atoms with Crippen LogP contribution >= 0.6 is 0 Å². The number of nitrogens with one attached hydrogen (secondary N) is 1. The van der Waals surface area contributed by atoms with Crippen LogP contribution in [0.25, 0.3) is 0 Å². The van der Waals surface area contributed by atoms with Gasteiger partial charge in [0.15, 0.2) is 0 Å². The lowest BCUT2D eigenvalue weighted by Gasteiger charge is -2.37. The Morgan fingerprint density at radius 3 is 2.53 bits per heavy atom. The number of rotatable bonds is 1. The summed E-state index contributed by atoms with van der Waals surface area (Å²) >= 11 is 0. The molecule has 1 aliphatic heterocycles. The van der Waals surface area contributed by atoms with E-state index in [1.807, 2.05) is 0 Å². The molecule has 3 rings (SSSR count). The molecule has 1 unspecified atom stereocenters. The van der Waals surface area contributed by atoms with Crippen LogP contribution < -0.4 is 5.32 Å². The van der Waals surface area contributed by atoms with Crippen molar-refractivity contribution in [2.75, 3.05) is 11.9 Å². The van der Waals surface area contributed by atoms with Crippen molar-refractivity contribution >= 4 is 5.69 Å². The van der Waals surface area contributed by atoms with Gasteiger partial charge in [0.25, 0.3) is 0 Å². The molecule has 0 radical (unpaired) electrons. The number of benzene rings is 1. The van der Waals surface area contributed by atoms with Gasteiger partial charge >= 0.3 is 0 Å². The molecule has 0 spiro atoms. The molecule has 1 aliphatic carbocycles. The first-order valence-corrected chi connectivity index (χ1v) is 7.19. The van der Waals surface area contributed by atoms with E-state index in [9.17, 15) is 8.78 Å². The second kappa shape index (κ2) is 4.46. The second-order valence-electron chi connectivity index (χ2n) is 6.84. The highest BCUT2D eigenvalue weighted by Gasteiger charge is 2.36. The minimum atomic E-state index is -0.457. The van der Waals surface area contributed by atoms with Crippen molar-refractivity contribution in [3.63, 3.8) is 0 Å². The first-order chi connectivity index (χ1) is 8.96. The third kappa shape index (κ3) is 2.35. The SMILES string of the molecule is CC1(C)CCC(C2CNc3c(F)cc(F)cc32)CC1. The second-order valence-corrected chi connectivity index (χ2v) is 6.84. The summed E-state index contributed by atoms with van der Waals surface area (Å²) in [5.41, 5.74) is 1.80. The third-order valence-electron chi connectivity index (χ3n) is 4.94. The lowest BCUT2D eigenvalue weighted by atomic mass is 9.68. The topological polar surface area (TPSA) is 12.0 Å². The van der Waals surface area contributed by atoms with Gasteiger partial charge in [-0.1, -0.05) is 13.8 Å². The van der Waals surface area contributed by atoms with Gasteiger partial charge in [0.1, 0.15) is 11.6 Å². The Balaban J connectivity index is 1.83. The summed E-state index contributed by atoms with van der Waals surface area (Å²) in [6.45, 7) is 5.37. The molecule has 1 fully saturated rings. The summed E-state index contributed by atoms with van der Waals surface area (Å²) in [6, 6.07) is 2.49. The summed E-state index contributed by atoms with van der Waals surface area (Å²) in [6.07, 6.45) is 4.75. The third-order valence-corrected chi connectivity index (χ3v) is 4.94. The molecule has 1 aromatic carbocycles. The van der Waals surface area contributed by atoms with Gasteiger partial charge in [0.05, 0.1) is 5.69 Å². The van der Waals surface area contributed by atoms with Crippen LogP contribution in [0.2, 0.25) is 0 Å². The molecule has 3 heteroatoms. The van der Waals surface area contributed by atoms with Crippen LogP contribution in [0, 0.1) is 23.0 Å². The molecule has 104 valence electrons. The average molecular weight is 265 g/mol. The molecule has 1 nitrogen and oxygen atoms in total. The highest BCUT2D eigenvalue weighted by Crippen LogP contribution is 2.47. The van der Waals surface area contributed by atoms with Crippen molar-refractivity contribution in [1.82, 2.24) is 0 Å². The van der Waals surface area contributed by atoms with Gasteiger partial charge in [-0.25, -0.2) is 8.78 Å². The molecule has 1 saturated carbocycles. The minimum Gasteiger partial charge on any atom is -0.382 e. The van der Waals surface area contributed by atoms with Crippen LogP contribution in [0.1, 0.15) is 51.0 Å². The number of halogens is 2. The van der Waals surface area contributed by atoms with Crippen molar-refractivity contribution in [3.8, 4) is 0 Å². The smallest absolute Gasteiger partial charge is 0.149 e. The molecule has 0 bridgehead atoms. The Bertz CT molecular complexity index is 486. The molecular formula is C16H21F2N. The quantitative estimate of drug-likeness (QED) is 0.776. The van der Waals surface area contributed by atoms with Crippen LogP contribution in [0.5, 0.6) is 0 Å². The molecule has 0 aromatic heterocycles. The zero-order chi connectivity index (χ0) is 13.6. The Hall–Kier alpha value is -1.12. The van der Waals surface area contributed by atoms with E-state index in [0.29, 0.717) is 17.0 Å². The number of anilines is 1. The van der Waals surface area contributed by atoms with Crippen molar-refractivity contribution in [2.45, 2.75) is 45.4 Å². The Labute approximate surface area is 113 Å². The van der Waals surface area contributed by atoms with Crippen molar-refractivity contribution in [1.29, 1.82) is 0 Å². The van der Waals surface area contributed by atoms with E-state index in [-0.39, 0.29) is 5.92 Å². The number of fused-ring (bicyclic) bond motifs is 1. The maximum Gasteiger partial charge on any atom is 0.149 e. The van der Waals surface area contributed by atoms with E-state index in [2.05, 4.69) is 19.2 Å². The largest absolute Gasteiger partial charge is 0.382 e. The molecule has 1 atom stereocenters. The first kappa shape index (κ1) is 12.9. The van der Waals surface area contributed by atoms with Crippen molar-refractivity contribution in [2.24, 2.45) is 11.3 Å². The standard InChI is InChI=1S/C16H21F2N/c1-16(2)5-3-10(4-6-16)13-9-19-15-12(13)7-11(17)8-14(15)18/h7-8,10,13,19H,3-6,9H2,1-2H3. The Kier molecular flexibility index (Phi) is 3.03. The molecule has 19 heavy (non-hydrogen) atoms. The fourth-order valence-corrected chi connectivity index (χ4v) is 3.64. The summed E-state index contributed by atoms with van der Waals surface area (Å²) in [4.78, 5) is 0. The lowest BCUT2D eigenvalue weighted by molar-refractivity contribution is 0.176. The van der Waals surface area contributed by atoms with Gasteiger partial charge in [0, 0.05) is 18.5 Å². The van der Waals surface area contributed by atoms with E-state index >= 15 is 0 Å². The average Bonchev–Trinajstić information content (AvgIpc) is 2.73. The Morgan fingerprint density at radius 1 is 1.16 bits per heavy atom. The van der Waals surface area contributed by atoms with Gasteiger partial charge in [-0.3, -0.25) is 0 Å². The molecular weight excluding hydrogens is 244 g/mol. The van der Waals surface area contributed by atoms with E-state index in [1.165, 1.54) is 18.9 Å². The zero-order valence-electron chi connectivity index (χ0n) is 11.6. The summed E-state index contributed by atoms with van der Waals surface area (Å²) < 4.78 is 27.1. The molecule has 1 N–H and O–H groups in total. The van der Waals surface area contributed by atoms with Crippen LogP contribution in [-0.4, -0.2) is 6.54 Å². The van der Waals surface area contributed by atoms with Gasteiger partial charge in [-0.2, -0.15) is 0 Å². The van der Waals surface area contributed by atoms with Crippen molar-refractivity contribution in [3.05, 3.63) is 29.3 Å². The van der Waals surface area contributed by atoms with Gasteiger partial charge in [0.2, 0.25) is 0 Å². The number of hydrogen-bond acceptors (Lipinski definition) is 1. The summed E-state index contributed by atoms with van der Waals surface area (Å²) in [7, 11) is 0. The van der Waals surface area contributed by atoms with Gasteiger partial charge < -0.3 is 5.32 Å². The predicted octanol–water partition coefficient (Wildman–Crippen LogP) is 4.69. The predicted molar refractivity (Wildman–Crippen MR) is 73.3 cm³/mol. The maximum absolute atomic E-state index is 13.7. The normalized spacial score (nSPS) is 26.0.